The van der Waals surface area contributed by atoms with Crippen molar-refractivity contribution in [2.24, 2.45) is 5.92 Å². The predicted octanol–water partition coefficient (Wildman–Crippen LogP) is 4.85. The van der Waals surface area contributed by atoms with E-state index >= 15 is 0 Å². The third-order valence-electron chi connectivity index (χ3n) is 8.51. The van der Waals surface area contributed by atoms with Crippen LogP contribution < -0.4 is 11.2 Å². The van der Waals surface area contributed by atoms with Gasteiger partial charge in [0.15, 0.2) is 12.3 Å². The van der Waals surface area contributed by atoms with Crippen LogP contribution in [-0.4, -0.2) is 47.4 Å². The van der Waals surface area contributed by atoms with Crippen molar-refractivity contribution >= 4 is 11.9 Å². The van der Waals surface area contributed by atoms with Gasteiger partial charge in [-0.05, 0) is 28.8 Å². The van der Waals surface area contributed by atoms with Crippen molar-refractivity contribution in [2.75, 3.05) is 13.7 Å². The number of aromatic nitrogens is 2. The monoisotopic (exact) mass is 646 g/mol. The molecule has 2 heterocycles. The predicted molar refractivity (Wildman–Crippen MR) is 176 cm³/mol. The Bertz CT molecular complexity index is 1850. The van der Waals surface area contributed by atoms with Gasteiger partial charge in [-0.1, -0.05) is 109 Å². The lowest BCUT2D eigenvalue weighted by molar-refractivity contribution is -0.143. The van der Waals surface area contributed by atoms with E-state index in [1.165, 1.54) is 19.4 Å². The molecule has 48 heavy (non-hydrogen) atoms. The van der Waals surface area contributed by atoms with Crippen LogP contribution in [0.1, 0.15) is 39.7 Å². The Labute approximate surface area is 276 Å². The number of aromatic amines is 1. The van der Waals surface area contributed by atoms with E-state index < -0.39 is 53.1 Å². The van der Waals surface area contributed by atoms with Crippen molar-refractivity contribution in [3.05, 3.63) is 177 Å². The molecule has 1 aliphatic heterocycles. The van der Waals surface area contributed by atoms with Gasteiger partial charge >= 0.3 is 17.6 Å². The first-order valence-electron chi connectivity index (χ1n) is 15.5. The topological polar surface area (TPSA) is 126 Å². The SMILES string of the molecule is COC(=O)C[C@H]1[C@@H](OC(=O)c2ccccc2)[C@H](n2ccc(=O)[nH]c2=O)O[C@@H]1COC(c1ccccc1)(c1ccccc1)c1ccccc1. The molecule has 0 radical (unpaired) electrons. The van der Waals surface area contributed by atoms with Crippen LogP contribution in [0.5, 0.6) is 0 Å². The van der Waals surface area contributed by atoms with Crippen molar-refractivity contribution in [3.63, 3.8) is 0 Å². The molecule has 10 nitrogen and oxygen atoms in total. The van der Waals surface area contributed by atoms with Crippen molar-refractivity contribution < 1.29 is 28.5 Å². The Balaban J connectivity index is 1.44. The molecule has 1 aromatic heterocycles. The van der Waals surface area contributed by atoms with Crippen molar-refractivity contribution in [3.8, 4) is 0 Å². The van der Waals surface area contributed by atoms with Gasteiger partial charge in [0.1, 0.15) is 5.60 Å². The minimum atomic E-state index is -1.20. The van der Waals surface area contributed by atoms with E-state index in [-0.39, 0.29) is 18.6 Å². The Morgan fingerprint density at radius 3 is 1.79 bits per heavy atom. The molecule has 0 unspecified atom stereocenters. The molecular weight excluding hydrogens is 612 g/mol. The molecule has 0 spiro atoms. The second-order valence-electron chi connectivity index (χ2n) is 11.4. The van der Waals surface area contributed by atoms with Gasteiger partial charge in [-0.2, -0.15) is 0 Å². The number of hydrogen-bond acceptors (Lipinski definition) is 8. The quantitative estimate of drug-likeness (QED) is 0.160. The highest BCUT2D eigenvalue weighted by molar-refractivity contribution is 5.89. The number of nitrogens with one attached hydrogen (secondary N) is 1. The van der Waals surface area contributed by atoms with Crippen molar-refractivity contribution in [1.29, 1.82) is 0 Å². The van der Waals surface area contributed by atoms with Crippen LogP contribution in [-0.2, 0) is 29.3 Å². The lowest BCUT2D eigenvalue weighted by Gasteiger charge is -2.37. The molecule has 1 N–H and O–H groups in total. The summed E-state index contributed by atoms with van der Waals surface area (Å²) in [6.07, 6.45) is -2.16. The van der Waals surface area contributed by atoms with E-state index in [0.717, 1.165) is 21.3 Å². The third kappa shape index (κ3) is 6.62. The van der Waals surface area contributed by atoms with Gasteiger partial charge < -0.3 is 18.9 Å². The summed E-state index contributed by atoms with van der Waals surface area (Å²) < 4.78 is 25.8. The molecule has 1 saturated heterocycles. The zero-order chi connectivity index (χ0) is 33.5. The van der Waals surface area contributed by atoms with E-state index in [4.69, 9.17) is 18.9 Å². The lowest BCUT2D eigenvalue weighted by Crippen LogP contribution is -2.40. The average Bonchev–Trinajstić information content (AvgIpc) is 3.45. The minimum absolute atomic E-state index is 0.0890. The van der Waals surface area contributed by atoms with Crippen LogP contribution in [0.25, 0.3) is 0 Å². The highest BCUT2D eigenvalue weighted by Gasteiger charge is 2.51. The molecule has 4 atom stereocenters. The summed E-state index contributed by atoms with van der Waals surface area (Å²) in [6, 6.07) is 38.8. The molecule has 0 saturated carbocycles. The van der Waals surface area contributed by atoms with Gasteiger partial charge in [-0.25, -0.2) is 9.59 Å². The molecule has 1 aliphatic rings. The maximum Gasteiger partial charge on any atom is 0.338 e. The van der Waals surface area contributed by atoms with Gasteiger partial charge in [0.2, 0.25) is 0 Å². The van der Waals surface area contributed by atoms with Gasteiger partial charge in [-0.15, -0.1) is 0 Å². The number of hydrogen-bond donors (Lipinski definition) is 1. The number of carbonyl (C=O) groups is 2. The number of ether oxygens (including phenoxy) is 4. The highest BCUT2D eigenvalue weighted by atomic mass is 16.6. The number of benzene rings is 4. The first kappa shape index (κ1) is 32.4. The van der Waals surface area contributed by atoms with Crippen LogP contribution >= 0.6 is 0 Å². The van der Waals surface area contributed by atoms with Crippen molar-refractivity contribution in [2.45, 2.75) is 30.5 Å². The number of rotatable bonds is 11. The summed E-state index contributed by atoms with van der Waals surface area (Å²) in [5.41, 5.74) is 0.348. The maximum atomic E-state index is 13.4. The number of nitrogens with zero attached hydrogens (tertiary/aromatic N) is 1. The van der Waals surface area contributed by atoms with Gasteiger partial charge in [0, 0.05) is 18.2 Å². The summed E-state index contributed by atoms with van der Waals surface area (Å²) in [6.45, 7) is -0.0890. The third-order valence-corrected chi connectivity index (χ3v) is 8.51. The number of methoxy groups -OCH3 is 1. The van der Waals surface area contributed by atoms with Gasteiger partial charge in [-0.3, -0.25) is 19.1 Å². The van der Waals surface area contributed by atoms with Crippen LogP contribution in [0.2, 0.25) is 0 Å². The number of esters is 2. The smallest absolute Gasteiger partial charge is 0.338 e. The normalized spacial score (nSPS) is 19.0. The standard InChI is InChI=1S/C38H34N2O8/c1-45-33(42)24-30-31(47-35(40-23-22-32(41)39-37(40)44)34(30)48-36(43)26-14-6-2-7-15-26)25-46-38(27-16-8-3-9-17-27,28-18-10-4-11-19-28)29-20-12-5-13-21-29/h2-23,30-31,34-35H,24-25H2,1H3,(H,39,41,44)/t30-,31-,34-,35-/m1/s1. The van der Waals surface area contributed by atoms with E-state index in [9.17, 15) is 19.2 Å². The summed E-state index contributed by atoms with van der Waals surface area (Å²) in [4.78, 5) is 53.5. The second kappa shape index (κ2) is 14.5. The van der Waals surface area contributed by atoms with Gasteiger partial charge in [0.25, 0.3) is 5.56 Å². The number of carbonyl (C=O) groups excluding carboxylic acids is 2. The Morgan fingerprint density at radius 1 is 0.771 bits per heavy atom. The maximum absolute atomic E-state index is 13.4. The zero-order valence-corrected chi connectivity index (χ0v) is 26.1. The molecule has 0 amide bonds. The lowest BCUT2D eigenvalue weighted by atomic mass is 9.80. The van der Waals surface area contributed by atoms with E-state index in [1.54, 1.807) is 30.3 Å². The first-order chi connectivity index (χ1) is 23.4. The second-order valence-corrected chi connectivity index (χ2v) is 11.4. The molecule has 244 valence electrons. The highest BCUT2D eigenvalue weighted by Crippen LogP contribution is 2.43. The molecule has 4 aromatic carbocycles. The Kier molecular flexibility index (Phi) is 9.75. The fourth-order valence-corrected chi connectivity index (χ4v) is 6.21. The summed E-state index contributed by atoms with van der Waals surface area (Å²) in [5, 5.41) is 0. The van der Waals surface area contributed by atoms with Crippen LogP contribution in [0.15, 0.2) is 143 Å². The Hall–Kier alpha value is -5.58. The van der Waals surface area contributed by atoms with E-state index in [2.05, 4.69) is 4.98 Å². The minimum Gasteiger partial charge on any atom is -0.469 e. The molecule has 10 heteroatoms. The summed E-state index contributed by atoms with van der Waals surface area (Å²) >= 11 is 0. The van der Waals surface area contributed by atoms with E-state index in [0.29, 0.717) is 0 Å². The molecule has 5 aromatic rings. The fourth-order valence-electron chi connectivity index (χ4n) is 6.21. The molecular formula is C38H34N2O8. The summed E-state index contributed by atoms with van der Waals surface area (Å²) in [5.74, 6) is -2.05. The molecule has 6 rings (SSSR count). The Morgan fingerprint density at radius 2 is 1.29 bits per heavy atom. The van der Waals surface area contributed by atoms with Crippen LogP contribution in [0.3, 0.4) is 0 Å². The molecule has 1 fully saturated rings. The average molecular weight is 647 g/mol. The zero-order valence-electron chi connectivity index (χ0n) is 26.1. The fraction of sp³-hybridized carbons (Fsp3) is 0.211. The molecule has 0 aliphatic carbocycles. The van der Waals surface area contributed by atoms with E-state index in [1.807, 2.05) is 91.0 Å². The van der Waals surface area contributed by atoms with Crippen LogP contribution in [0, 0.1) is 5.92 Å². The summed E-state index contributed by atoms with van der Waals surface area (Å²) in [7, 11) is 1.27. The number of H-pyrrole nitrogens is 1. The van der Waals surface area contributed by atoms with Gasteiger partial charge in [0.05, 0.1) is 31.8 Å². The van der Waals surface area contributed by atoms with Crippen molar-refractivity contribution in [1.82, 2.24) is 9.55 Å². The van der Waals surface area contributed by atoms with Crippen LogP contribution in [0.4, 0.5) is 0 Å². The molecule has 0 bridgehead atoms. The largest absolute Gasteiger partial charge is 0.469 e. The first-order valence-corrected chi connectivity index (χ1v) is 15.5.